The molecule has 9 heterocycles. The molecule has 1 unspecified atom stereocenters. The lowest BCUT2D eigenvalue weighted by molar-refractivity contribution is -0.156. The topological polar surface area (TPSA) is 397 Å². The van der Waals surface area contributed by atoms with Crippen LogP contribution in [0.5, 0.6) is 0 Å². The van der Waals surface area contributed by atoms with Crippen LogP contribution in [0.25, 0.3) is 0 Å². The standard InChI is InChI=1S/C21H33N5O8S.C17H24N4O5.C11H15N5O5S.B/c1-5-6-11-22-33-35(29,30)34-26-15-13-25(19(26)28)14(12-21(15)9-10-21)18-24-23-16(31-18)7-8-17(27)32-20(2,3)4;1-16(2,3)26-13(22)5-4-12-18-19-14(25-12)10-8-17(6-7-17)11-9-20(10)15(23)21(11)24;12-4-8-13-14-9(20-8)6-3-11(1-2-11)7-5-15(6)10(17)16(7)21-22(18)19;/h14-15,22H,5-13H2,1-4H3;10-11,24H,4-9H2,1-3H3;6-7H,1-5,12H2,(H,18,19);/t14-,15-;10-,11-;6-,7-;/m000./s1. The molecule has 9 fully saturated rings. The zero-order chi connectivity index (χ0) is 59.6. The molecule has 9 aliphatic rings. The second-order valence-electron chi connectivity index (χ2n) is 24.7. The van der Waals surface area contributed by atoms with Gasteiger partial charge in [-0.1, -0.05) is 13.3 Å². The van der Waals surface area contributed by atoms with Crippen molar-refractivity contribution in [2.45, 2.75) is 199 Å². The molecule has 6 bridgehead atoms. The lowest BCUT2D eigenvalue weighted by Gasteiger charge is -2.34. The maximum absolute atomic E-state index is 13.1. The van der Waals surface area contributed by atoms with E-state index >= 15 is 0 Å². The molecule has 84 heavy (non-hydrogen) atoms. The molecule has 461 valence electrons. The number of hydrogen-bond donors (Lipinski definition) is 4. The SMILES string of the molecule is CC(C)(C)OC(=O)CCc1nnc([C@@H]2CC3(CC3)[C@@H]3CN2C(=O)N3O)o1.CCCCNOS(=O)(=O)ON1C(=O)N2C[C@H]1C1(CC1)C[C@H]2c1nnc(CCC(=O)OC(C)(C)C)o1.NCc1nnc([C@@H]2CC3(CC3)[C@@H]3CN2C(=O)N3OS(=O)O)o1.[B]. The number of nitrogens with zero attached hydrogens (tertiary/aromatic N) is 12. The maximum atomic E-state index is 13.1. The number of esters is 2. The molecule has 12 rings (SSSR count). The van der Waals surface area contributed by atoms with Crippen molar-refractivity contribution in [3.8, 4) is 0 Å². The van der Waals surface area contributed by atoms with Crippen LogP contribution in [0.2, 0.25) is 0 Å². The highest BCUT2D eigenvalue weighted by Crippen LogP contribution is 2.64. The smallest absolute Gasteiger partial charge is 0.437 e. The van der Waals surface area contributed by atoms with Gasteiger partial charge in [-0.25, -0.2) is 19.4 Å². The Kier molecular flexibility index (Phi) is 17.7. The Labute approximate surface area is 488 Å². The number of hydrogen-bond acceptors (Lipinski definition) is 25. The average molecular weight is 1220 g/mol. The predicted octanol–water partition coefficient (Wildman–Crippen LogP) is 3.78. The van der Waals surface area contributed by atoms with Gasteiger partial charge < -0.3 is 43.2 Å². The van der Waals surface area contributed by atoms with E-state index in [1.807, 2.05) is 27.7 Å². The van der Waals surface area contributed by atoms with Crippen LogP contribution in [0.4, 0.5) is 14.4 Å². The Balaban J connectivity index is 0.000000154. The fraction of sp³-hybridized carbons (Fsp3) is 0.776. The Morgan fingerprint density at radius 1 is 0.679 bits per heavy atom. The zero-order valence-electron chi connectivity index (χ0n) is 47.9. The molecule has 5 N–H and O–H groups in total. The highest BCUT2D eigenvalue weighted by Gasteiger charge is 2.67. The van der Waals surface area contributed by atoms with Crippen molar-refractivity contribution in [2.75, 3.05) is 26.2 Å². The van der Waals surface area contributed by atoms with Gasteiger partial charge >= 0.3 is 51.8 Å². The van der Waals surface area contributed by atoms with E-state index in [1.165, 1.54) is 4.90 Å². The number of unbranched alkanes of at least 4 members (excludes halogenated alkanes) is 1. The number of hydroxylamine groups is 7. The van der Waals surface area contributed by atoms with Crippen molar-refractivity contribution in [3.63, 3.8) is 0 Å². The first-order chi connectivity index (χ1) is 39.2. The molecule has 7 atom stereocenters. The number of carbonyl (C=O) groups is 5. The van der Waals surface area contributed by atoms with E-state index < -0.39 is 63.1 Å². The minimum absolute atomic E-state index is 0. The van der Waals surface area contributed by atoms with Crippen molar-refractivity contribution in [1.29, 1.82) is 0 Å². The number of carbonyl (C=O) groups excluding carboxylic acids is 5. The largest absolute Gasteiger partial charge is 0.460 e. The fourth-order valence-electron chi connectivity index (χ4n) is 12.0. The van der Waals surface area contributed by atoms with Gasteiger partial charge in [0, 0.05) is 47.4 Å². The molecular weight excluding hydrogens is 1150 g/mol. The minimum atomic E-state index is -4.47. The molecule has 6 aliphatic heterocycles. The summed E-state index contributed by atoms with van der Waals surface area (Å²) >= 11 is -2.53. The zero-order valence-corrected chi connectivity index (χ0v) is 49.5. The van der Waals surface area contributed by atoms with Crippen molar-refractivity contribution < 1.29 is 81.9 Å². The second-order valence-corrected chi connectivity index (χ2v) is 26.4. The molecule has 0 aromatic carbocycles. The van der Waals surface area contributed by atoms with Crippen LogP contribution in [0.3, 0.4) is 0 Å². The molecule has 3 aromatic rings. The maximum Gasteiger partial charge on any atom is 0.437 e. The summed E-state index contributed by atoms with van der Waals surface area (Å²) in [6, 6.07) is -3.41. The Bertz CT molecular complexity index is 3070. The van der Waals surface area contributed by atoms with Crippen LogP contribution < -0.4 is 11.2 Å². The van der Waals surface area contributed by atoms with Crippen LogP contribution in [-0.4, -0.2) is 177 Å². The monoisotopic (exact) mass is 1220 g/mol. The summed E-state index contributed by atoms with van der Waals surface area (Å²) in [4.78, 5) is 66.3. The third-order valence-corrected chi connectivity index (χ3v) is 17.5. The molecule has 3 spiro atoms. The lowest BCUT2D eigenvalue weighted by Crippen LogP contribution is -2.43. The Morgan fingerprint density at radius 2 is 1.08 bits per heavy atom. The van der Waals surface area contributed by atoms with E-state index in [0.29, 0.717) is 68.9 Å². The van der Waals surface area contributed by atoms with Gasteiger partial charge in [-0.3, -0.25) is 19.3 Å². The molecule has 3 saturated carbocycles. The summed E-state index contributed by atoms with van der Waals surface area (Å²) in [7, 11) is -4.47. The summed E-state index contributed by atoms with van der Waals surface area (Å²) in [6.07, 6.45) is 9.78. The van der Waals surface area contributed by atoms with Gasteiger partial charge in [0.2, 0.25) is 35.3 Å². The number of nitrogens with one attached hydrogen (secondary N) is 1. The number of rotatable bonds is 19. The van der Waals surface area contributed by atoms with Gasteiger partial charge in [-0.2, -0.15) is 32.5 Å². The van der Waals surface area contributed by atoms with Crippen LogP contribution in [0.1, 0.15) is 185 Å². The molecule has 32 nitrogen and oxygen atoms in total. The lowest BCUT2D eigenvalue weighted by atomic mass is 9.85. The summed E-state index contributed by atoms with van der Waals surface area (Å²) in [6.45, 7) is 14.4. The van der Waals surface area contributed by atoms with Gasteiger partial charge in [0.05, 0.1) is 37.5 Å². The number of amides is 6. The molecule has 35 heteroatoms. The summed E-state index contributed by atoms with van der Waals surface area (Å²) in [5.41, 5.74) is 6.28. The highest BCUT2D eigenvalue weighted by atomic mass is 32.3. The highest BCUT2D eigenvalue weighted by molar-refractivity contribution is 7.81. The van der Waals surface area contributed by atoms with Crippen molar-refractivity contribution in [2.24, 2.45) is 22.0 Å². The first-order valence-electron chi connectivity index (χ1n) is 27.9. The van der Waals surface area contributed by atoms with E-state index in [9.17, 15) is 41.8 Å². The third-order valence-electron chi connectivity index (χ3n) is 16.5. The number of piperidine rings is 3. The Morgan fingerprint density at radius 3 is 1.50 bits per heavy atom. The number of fused-ring (bicyclic) bond motifs is 9. The van der Waals surface area contributed by atoms with Gasteiger partial charge in [0.1, 0.15) is 29.3 Å². The van der Waals surface area contributed by atoms with Gasteiger partial charge in [0.15, 0.2) is 0 Å². The number of nitrogens with two attached hydrogens (primary N) is 1. The normalized spacial score (nSPS) is 25.8. The van der Waals surface area contributed by atoms with E-state index in [0.717, 1.165) is 66.6 Å². The van der Waals surface area contributed by atoms with Gasteiger partial charge in [-0.15, -0.1) is 39.2 Å². The quantitative estimate of drug-likeness (QED) is 0.0331. The van der Waals surface area contributed by atoms with Crippen LogP contribution in [0, 0.1) is 16.2 Å². The molecule has 3 aromatic heterocycles. The summed E-state index contributed by atoms with van der Waals surface area (Å²) < 4.78 is 86.6. The van der Waals surface area contributed by atoms with Crippen molar-refractivity contribution in [3.05, 3.63) is 35.3 Å². The van der Waals surface area contributed by atoms with Gasteiger partial charge in [-0.05, 0) is 122 Å². The van der Waals surface area contributed by atoms with Crippen LogP contribution in [-0.2, 0) is 73.1 Å². The van der Waals surface area contributed by atoms with E-state index in [2.05, 4.69) is 40.4 Å². The van der Waals surface area contributed by atoms with Gasteiger partial charge in [0.25, 0.3) is 0 Å². The molecule has 3 radical (unpaired) electrons. The molecule has 6 amide bonds. The molecule has 6 saturated heterocycles. The van der Waals surface area contributed by atoms with Crippen LogP contribution >= 0.6 is 0 Å². The number of urea groups is 3. The number of aryl methyl sites for hydroxylation is 2. The van der Waals surface area contributed by atoms with Crippen molar-refractivity contribution >= 4 is 60.2 Å². The number of aromatic nitrogens is 6. The fourth-order valence-corrected chi connectivity index (χ4v) is 12.9. The molecular formula is C49H72BN14O18S2. The van der Waals surface area contributed by atoms with Crippen LogP contribution in [0.15, 0.2) is 13.3 Å². The third kappa shape index (κ3) is 13.4. The van der Waals surface area contributed by atoms with Crippen molar-refractivity contribution in [1.82, 2.24) is 66.0 Å². The first kappa shape index (κ1) is 62.6. The average Bonchev–Trinajstić information content (AvgIpc) is 1.62. The predicted molar refractivity (Wildman–Crippen MR) is 283 cm³/mol. The summed E-state index contributed by atoms with van der Waals surface area (Å²) in [5.74, 6) is 1.23. The van der Waals surface area contributed by atoms with E-state index in [4.69, 9.17) is 41.6 Å². The van der Waals surface area contributed by atoms with E-state index in [-0.39, 0.29) is 105 Å². The summed E-state index contributed by atoms with van der Waals surface area (Å²) in [5, 5.41) is 37.0. The Hall–Kier alpha value is -5.95. The number of ether oxygens (including phenoxy) is 2. The molecule has 3 aliphatic carbocycles. The van der Waals surface area contributed by atoms with E-state index in [1.54, 1.807) is 30.6 Å². The minimum Gasteiger partial charge on any atom is -0.460 e. The second kappa shape index (κ2) is 23.7. The first-order valence-corrected chi connectivity index (χ1v) is 30.3.